The van der Waals surface area contributed by atoms with Crippen molar-refractivity contribution in [3.8, 4) is 5.75 Å². The van der Waals surface area contributed by atoms with E-state index in [1.165, 1.54) is 22.3 Å². The van der Waals surface area contributed by atoms with Gasteiger partial charge in [-0.15, -0.1) is 0 Å². The maximum absolute atomic E-state index is 12.4. The average Bonchev–Trinajstić information content (AvgIpc) is 2.75. The molecule has 0 aromatic heterocycles. The molecule has 3 heteroatoms. The van der Waals surface area contributed by atoms with E-state index in [1.54, 1.807) is 0 Å². The summed E-state index contributed by atoms with van der Waals surface area (Å²) in [6.07, 6.45) is 1.08. The van der Waals surface area contributed by atoms with E-state index in [-0.39, 0.29) is 12.6 Å². The standard InChI is InChI=1S/C28H40O3/c1-9-21(8)22-10-12-23(13-11-22)28(29)31-15-14-30-27-25(19(4)5)16-24(18(2)3)17-26(27)20(6)7/h10-13,16-21H,9,14-15H2,1-8H3. The summed E-state index contributed by atoms with van der Waals surface area (Å²) in [7, 11) is 0. The third-order valence-corrected chi connectivity index (χ3v) is 5.97. The lowest BCUT2D eigenvalue weighted by atomic mass is 9.88. The number of carbonyl (C=O) groups excluding carboxylic acids is 1. The van der Waals surface area contributed by atoms with Gasteiger partial charge in [-0.1, -0.05) is 79.7 Å². The molecular formula is C28H40O3. The van der Waals surface area contributed by atoms with Gasteiger partial charge in [-0.3, -0.25) is 0 Å². The summed E-state index contributed by atoms with van der Waals surface area (Å²) in [5.74, 6) is 2.32. The minimum absolute atomic E-state index is 0.229. The second kappa shape index (κ2) is 11.4. The molecule has 0 radical (unpaired) electrons. The molecule has 31 heavy (non-hydrogen) atoms. The molecule has 0 heterocycles. The van der Waals surface area contributed by atoms with Gasteiger partial charge in [0.05, 0.1) is 5.56 Å². The van der Waals surface area contributed by atoms with Crippen molar-refractivity contribution in [3.05, 3.63) is 64.2 Å². The van der Waals surface area contributed by atoms with Crippen LogP contribution in [0.5, 0.6) is 5.75 Å². The van der Waals surface area contributed by atoms with Gasteiger partial charge in [0.2, 0.25) is 0 Å². The molecule has 0 aliphatic rings. The van der Waals surface area contributed by atoms with Crippen LogP contribution in [0.3, 0.4) is 0 Å². The number of rotatable bonds is 10. The highest BCUT2D eigenvalue weighted by atomic mass is 16.6. The number of carbonyl (C=O) groups is 1. The molecule has 0 saturated carbocycles. The van der Waals surface area contributed by atoms with Crippen molar-refractivity contribution in [2.24, 2.45) is 0 Å². The van der Waals surface area contributed by atoms with Gasteiger partial charge in [0.25, 0.3) is 0 Å². The fourth-order valence-electron chi connectivity index (χ4n) is 3.60. The fraction of sp³-hybridized carbons (Fsp3) is 0.536. The third-order valence-electron chi connectivity index (χ3n) is 5.97. The van der Waals surface area contributed by atoms with Crippen LogP contribution in [0.1, 0.15) is 118 Å². The maximum Gasteiger partial charge on any atom is 0.338 e. The van der Waals surface area contributed by atoms with Crippen molar-refractivity contribution in [3.63, 3.8) is 0 Å². The first-order valence-corrected chi connectivity index (χ1v) is 11.7. The first-order valence-electron chi connectivity index (χ1n) is 11.7. The number of benzene rings is 2. The molecule has 0 N–H and O–H groups in total. The van der Waals surface area contributed by atoms with Crippen molar-refractivity contribution in [2.45, 2.75) is 85.5 Å². The van der Waals surface area contributed by atoms with Crippen molar-refractivity contribution in [2.75, 3.05) is 13.2 Å². The molecule has 0 amide bonds. The van der Waals surface area contributed by atoms with Crippen LogP contribution in [0.15, 0.2) is 36.4 Å². The van der Waals surface area contributed by atoms with E-state index < -0.39 is 0 Å². The summed E-state index contributed by atoms with van der Waals surface area (Å²) in [4.78, 5) is 12.4. The molecule has 2 aromatic carbocycles. The Labute approximate surface area is 189 Å². The topological polar surface area (TPSA) is 35.5 Å². The highest BCUT2D eigenvalue weighted by Gasteiger charge is 2.18. The van der Waals surface area contributed by atoms with Crippen molar-refractivity contribution in [1.29, 1.82) is 0 Å². The van der Waals surface area contributed by atoms with Gasteiger partial charge in [0.1, 0.15) is 19.0 Å². The fourth-order valence-corrected chi connectivity index (χ4v) is 3.60. The molecule has 0 aliphatic heterocycles. The van der Waals surface area contributed by atoms with Gasteiger partial charge in [-0.25, -0.2) is 4.79 Å². The van der Waals surface area contributed by atoms with E-state index >= 15 is 0 Å². The largest absolute Gasteiger partial charge is 0.489 e. The number of esters is 1. The SMILES string of the molecule is CCC(C)c1ccc(C(=O)OCCOc2c(C(C)C)cc(C(C)C)cc2C(C)C)cc1. The Morgan fingerprint density at radius 3 is 1.77 bits per heavy atom. The lowest BCUT2D eigenvalue weighted by molar-refractivity contribution is 0.0449. The minimum Gasteiger partial charge on any atom is -0.489 e. The molecule has 0 aliphatic carbocycles. The van der Waals surface area contributed by atoms with Gasteiger partial charge in [0.15, 0.2) is 0 Å². The Kier molecular flexibility index (Phi) is 9.15. The predicted octanol–water partition coefficient (Wildman–Crippen LogP) is 7.81. The van der Waals surface area contributed by atoms with Crippen molar-refractivity contribution in [1.82, 2.24) is 0 Å². The van der Waals surface area contributed by atoms with E-state index in [2.05, 4.69) is 67.5 Å². The van der Waals surface area contributed by atoms with E-state index in [0.29, 0.717) is 35.8 Å². The monoisotopic (exact) mass is 424 g/mol. The molecule has 0 fully saturated rings. The molecule has 0 spiro atoms. The van der Waals surface area contributed by atoms with E-state index in [9.17, 15) is 4.79 Å². The first-order chi connectivity index (χ1) is 14.6. The second-order valence-corrected chi connectivity index (χ2v) is 9.41. The molecule has 1 atom stereocenters. The van der Waals surface area contributed by atoms with Crippen LogP contribution in [-0.2, 0) is 4.74 Å². The third kappa shape index (κ3) is 6.59. The Morgan fingerprint density at radius 1 is 0.774 bits per heavy atom. The van der Waals surface area contributed by atoms with Crippen molar-refractivity contribution >= 4 is 5.97 Å². The van der Waals surface area contributed by atoms with Gasteiger partial charge in [0, 0.05) is 0 Å². The van der Waals surface area contributed by atoms with E-state index in [1.807, 2.05) is 24.3 Å². The zero-order valence-electron chi connectivity index (χ0n) is 20.6. The molecule has 0 bridgehead atoms. The summed E-state index contributed by atoms with van der Waals surface area (Å²) < 4.78 is 11.7. The quantitative estimate of drug-likeness (QED) is 0.288. The molecule has 3 nitrogen and oxygen atoms in total. The lowest BCUT2D eigenvalue weighted by Crippen LogP contribution is -2.14. The van der Waals surface area contributed by atoms with Crippen LogP contribution >= 0.6 is 0 Å². The predicted molar refractivity (Wildman–Crippen MR) is 130 cm³/mol. The maximum atomic E-state index is 12.4. The van der Waals surface area contributed by atoms with Crippen LogP contribution in [0.4, 0.5) is 0 Å². The molecule has 2 rings (SSSR count). The highest BCUT2D eigenvalue weighted by Crippen LogP contribution is 2.37. The number of hydrogen-bond donors (Lipinski definition) is 0. The Bertz CT molecular complexity index is 818. The van der Waals surface area contributed by atoms with Crippen LogP contribution in [0, 0.1) is 0 Å². The number of ether oxygens (including phenoxy) is 2. The summed E-state index contributed by atoms with van der Waals surface area (Å²) in [6, 6.07) is 12.3. The summed E-state index contributed by atoms with van der Waals surface area (Å²) in [6.45, 7) is 18.1. The smallest absolute Gasteiger partial charge is 0.338 e. The zero-order chi connectivity index (χ0) is 23.1. The molecule has 2 aromatic rings. The average molecular weight is 425 g/mol. The summed E-state index contributed by atoms with van der Waals surface area (Å²) >= 11 is 0. The van der Waals surface area contributed by atoms with Crippen LogP contribution < -0.4 is 4.74 Å². The zero-order valence-corrected chi connectivity index (χ0v) is 20.6. The Balaban J connectivity index is 2.05. The Morgan fingerprint density at radius 2 is 1.32 bits per heavy atom. The lowest BCUT2D eigenvalue weighted by Gasteiger charge is -2.23. The van der Waals surface area contributed by atoms with E-state index in [0.717, 1.165) is 12.2 Å². The molecule has 1 unspecified atom stereocenters. The summed E-state index contributed by atoms with van der Waals surface area (Å²) in [5.41, 5.74) is 5.62. The summed E-state index contributed by atoms with van der Waals surface area (Å²) in [5, 5.41) is 0. The van der Waals surface area contributed by atoms with E-state index in [4.69, 9.17) is 9.47 Å². The molecule has 170 valence electrons. The van der Waals surface area contributed by atoms with Crippen LogP contribution in [0.25, 0.3) is 0 Å². The Hall–Kier alpha value is -2.29. The first kappa shape index (κ1) is 25.0. The molecular weight excluding hydrogens is 384 g/mol. The van der Waals surface area contributed by atoms with Gasteiger partial charge >= 0.3 is 5.97 Å². The van der Waals surface area contributed by atoms with Gasteiger partial charge in [-0.05, 0) is 64.5 Å². The van der Waals surface area contributed by atoms with Crippen molar-refractivity contribution < 1.29 is 14.3 Å². The second-order valence-electron chi connectivity index (χ2n) is 9.41. The minimum atomic E-state index is -0.303. The van der Waals surface area contributed by atoms with Crippen LogP contribution in [0.2, 0.25) is 0 Å². The van der Waals surface area contributed by atoms with Crippen LogP contribution in [-0.4, -0.2) is 19.2 Å². The number of hydrogen-bond acceptors (Lipinski definition) is 3. The van der Waals surface area contributed by atoms with Gasteiger partial charge in [-0.2, -0.15) is 0 Å². The highest BCUT2D eigenvalue weighted by molar-refractivity contribution is 5.89. The van der Waals surface area contributed by atoms with Gasteiger partial charge < -0.3 is 9.47 Å². The normalized spacial score (nSPS) is 12.5. The molecule has 0 saturated heterocycles.